The fourth-order valence-corrected chi connectivity index (χ4v) is 5.89. The number of amides is 1. The van der Waals surface area contributed by atoms with Crippen LogP contribution in [0.1, 0.15) is 34.7 Å². The molecule has 0 fully saturated rings. The van der Waals surface area contributed by atoms with E-state index in [0.717, 1.165) is 22.3 Å². The fraction of sp³-hybridized carbons (Fsp3) is 0.240. The van der Waals surface area contributed by atoms with Gasteiger partial charge in [-0.2, -0.15) is 4.31 Å². The van der Waals surface area contributed by atoms with Crippen LogP contribution in [0.2, 0.25) is 5.02 Å². The number of hydrogen-bond donors (Lipinski definition) is 1. The molecule has 1 N–H and O–H groups in total. The van der Waals surface area contributed by atoms with Gasteiger partial charge < -0.3 is 5.32 Å². The number of nitrogens with zero attached hydrogens (tertiary/aromatic N) is 1. The number of aryl methyl sites for hydroxylation is 1. The van der Waals surface area contributed by atoms with Gasteiger partial charge >= 0.3 is 0 Å². The van der Waals surface area contributed by atoms with Crippen LogP contribution < -0.4 is 5.32 Å². The van der Waals surface area contributed by atoms with Crippen LogP contribution in [0.15, 0.2) is 77.7 Å². The van der Waals surface area contributed by atoms with Gasteiger partial charge in [0.25, 0.3) is 0 Å². The summed E-state index contributed by atoms with van der Waals surface area (Å²) in [4.78, 5) is 13.1. The molecule has 1 atom stereocenters. The first-order chi connectivity index (χ1) is 15.3. The second kappa shape index (κ2) is 9.45. The Morgan fingerprint density at radius 2 is 1.81 bits per heavy atom. The minimum atomic E-state index is -3.75. The first kappa shape index (κ1) is 22.5. The van der Waals surface area contributed by atoms with Gasteiger partial charge in [-0.05, 0) is 54.3 Å². The standard InChI is InChI=1S/C25H25ClN2O3S/c1-18-9-11-22(12-10-18)32(30,31)28-14-13-20-6-2-3-8-23(20)24(28)16-25(29)27-17-19-5-4-7-21(26)15-19/h2-12,15,24H,13-14,16-17H2,1H3,(H,27,29). The SMILES string of the molecule is Cc1ccc(S(=O)(=O)N2CCc3ccccc3C2CC(=O)NCc2cccc(Cl)c2)cc1. The molecule has 3 aromatic carbocycles. The third-order valence-electron chi connectivity index (χ3n) is 5.75. The molecule has 0 radical (unpaired) electrons. The number of rotatable bonds is 6. The molecule has 0 aliphatic carbocycles. The number of halogens is 1. The van der Waals surface area contributed by atoms with Gasteiger partial charge in [-0.3, -0.25) is 4.79 Å². The zero-order valence-electron chi connectivity index (χ0n) is 17.8. The van der Waals surface area contributed by atoms with Crippen molar-refractivity contribution >= 4 is 27.5 Å². The molecule has 166 valence electrons. The molecule has 1 heterocycles. The number of fused-ring (bicyclic) bond motifs is 1. The molecule has 0 bridgehead atoms. The minimum absolute atomic E-state index is 0.0443. The lowest BCUT2D eigenvalue weighted by atomic mass is 9.92. The third kappa shape index (κ3) is 4.88. The molecule has 0 aromatic heterocycles. The average Bonchev–Trinajstić information content (AvgIpc) is 2.78. The predicted octanol–water partition coefficient (Wildman–Crippen LogP) is 4.64. The molecule has 1 unspecified atom stereocenters. The van der Waals surface area contributed by atoms with Crippen LogP contribution in [0, 0.1) is 6.92 Å². The summed E-state index contributed by atoms with van der Waals surface area (Å²) in [6.07, 6.45) is 0.657. The number of nitrogens with one attached hydrogen (secondary N) is 1. The highest BCUT2D eigenvalue weighted by Gasteiger charge is 2.37. The topological polar surface area (TPSA) is 66.5 Å². The van der Waals surface area contributed by atoms with Crippen molar-refractivity contribution in [2.45, 2.75) is 37.2 Å². The Bertz CT molecular complexity index is 1230. The van der Waals surface area contributed by atoms with E-state index in [0.29, 0.717) is 24.5 Å². The van der Waals surface area contributed by atoms with Crippen LogP contribution in [-0.4, -0.2) is 25.2 Å². The Morgan fingerprint density at radius 1 is 1.06 bits per heavy atom. The van der Waals surface area contributed by atoms with Gasteiger partial charge in [-0.25, -0.2) is 8.42 Å². The lowest BCUT2D eigenvalue weighted by Gasteiger charge is -2.36. The number of carbonyl (C=O) groups is 1. The van der Waals surface area contributed by atoms with Gasteiger partial charge in [0.15, 0.2) is 0 Å². The van der Waals surface area contributed by atoms with E-state index in [-0.39, 0.29) is 17.2 Å². The molecular formula is C25H25ClN2O3S. The number of carbonyl (C=O) groups excluding carboxylic acids is 1. The Hall–Kier alpha value is -2.67. The molecule has 4 rings (SSSR count). The van der Waals surface area contributed by atoms with Gasteiger partial charge in [0.1, 0.15) is 0 Å². The monoisotopic (exact) mass is 468 g/mol. The van der Waals surface area contributed by atoms with Crippen LogP contribution in [0.3, 0.4) is 0 Å². The molecule has 3 aromatic rings. The fourth-order valence-electron chi connectivity index (χ4n) is 4.07. The molecular weight excluding hydrogens is 444 g/mol. The van der Waals surface area contributed by atoms with Gasteiger partial charge in [0, 0.05) is 24.5 Å². The van der Waals surface area contributed by atoms with Crippen molar-refractivity contribution in [2.24, 2.45) is 0 Å². The van der Waals surface area contributed by atoms with Crippen LogP contribution in [0.4, 0.5) is 0 Å². The van der Waals surface area contributed by atoms with Crippen molar-refractivity contribution in [1.29, 1.82) is 0 Å². The van der Waals surface area contributed by atoms with Gasteiger partial charge in [-0.1, -0.05) is 65.7 Å². The van der Waals surface area contributed by atoms with E-state index in [4.69, 9.17) is 11.6 Å². The third-order valence-corrected chi connectivity index (χ3v) is 7.91. The molecule has 1 amide bonds. The van der Waals surface area contributed by atoms with Crippen LogP contribution >= 0.6 is 11.6 Å². The van der Waals surface area contributed by atoms with Crippen LogP contribution in [0.25, 0.3) is 0 Å². The maximum absolute atomic E-state index is 13.5. The van der Waals surface area contributed by atoms with E-state index in [1.807, 2.05) is 43.3 Å². The van der Waals surface area contributed by atoms with Gasteiger partial charge in [0.2, 0.25) is 15.9 Å². The van der Waals surface area contributed by atoms with Gasteiger partial charge in [0.05, 0.1) is 10.9 Å². The average molecular weight is 469 g/mol. The molecule has 32 heavy (non-hydrogen) atoms. The van der Waals surface area contributed by atoms with E-state index in [1.165, 1.54) is 4.31 Å². The first-order valence-corrected chi connectivity index (χ1v) is 12.3. The molecule has 0 spiro atoms. The zero-order chi connectivity index (χ0) is 22.7. The summed E-state index contributed by atoms with van der Waals surface area (Å²) >= 11 is 6.02. The minimum Gasteiger partial charge on any atom is -0.352 e. The summed E-state index contributed by atoms with van der Waals surface area (Å²) in [7, 11) is -3.75. The maximum atomic E-state index is 13.5. The van der Waals surface area contributed by atoms with Crippen molar-refractivity contribution in [3.63, 3.8) is 0 Å². The van der Waals surface area contributed by atoms with Crippen LogP contribution in [0.5, 0.6) is 0 Å². The van der Waals surface area contributed by atoms with Gasteiger partial charge in [-0.15, -0.1) is 0 Å². The van der Waals surface area contributed by atoms with Crippen molar-refractivity contribution in [1.82, 2.24) is 9.62 Å². The highest BCUT2D eigenvalue weighted by atomic mass is 35.5. The van der Waals surface area contributed by atoms with Crippen molar-refractivity contribution < 1.29 is 13.2 Å². The largest absolute Gasteiger partial charge is 0.352 e. The lowest BCUT2D eigenvalue weighted by molar-refractivity contribution is -0.122. The number of hydrogen-bond acceptors (Lipinski definition) is 3. The van der Waals surface area contributed by atoms with E-state index in [2.05, 4.69) is 5.32 Å². The molecule has 1 aliphatic heterocycles. The van der Waals surface area contributed by atoms with Crippen LogP contribution in [-0.2, 0) is 27.8 Å². The highest BCUT2D eigenvalue weighted by molar-refractivity contribution is 7.89. The van der Waals surface area contributed by atoms with E-state index < -0.39 is 16.1 Å². The second-order valence-electron chi connectivity index (χ2n) is 8.00. The normalized spacial score (nSPS) is 16.4. The van der Waals surface area contributed by atoms with E-state index in [1.54, 1.807) is 36.4 Å². The Labute approximate surface area is 194 Å². The van der Waals surface area contributed by atoms with Crippen molar-refractivity contribution in [2.75, 3.05) is 6.54 Å². The predicted molar refractivity (Wildman–Crippen MR) is 126 cm³/mol. The van der Waals surface area contributed by atoms with E-state index in [9.17, 15) is 13.2 Å². The summed E-state index contributed by atoms with van der Waals surface area (Å²) in [5.41, 5.74) is 3.84. The highest BCUT2D eigenvalue weighted by Crippen LogP contribution is 2.36. The first-order valence-electron chi connectivity index (χ1n) is 10.5. The number of sulfonamides is 1. The Balaban J connectivity index is 1.59. The van der Waals surface area contributed by atoms with Crippen molar-refractivity contribution in [3.05, 3.63) is 100 Å². The molecule has 0 saturated heterocycles. The molecule has 0 saturated carbocycles. The van der Waals surface area contributed by atoms with Crippen molar-refractivity contribution in [3.8, 4) is 0 Å². The smallest absolute Gasteiger partial charge is 0.243 e. The maximum Gasteiger partial charge on any atom is 0.243 e. The zero-order valence-corrected chi connectivity index (χ0v) is 19.4. The lowest BCUT2D eigenvalue weighted by Crippen LogP contribution is -2.42. The quantitative estimate of drug-likeness (QED) is 0.573. The molecule has 5 nitrogen and oxygen atoms in total. The molecule has 1 aliphatic rings. The molecule has 7 heteroatoms. The second-order valence-corrected chi connectivity index (χ2v) is 10.3. The summed E-state index contributed by atoms with van der Waals surface area (Å²) in [6, 6.07) is 21.3. The number of benzene rings is 3. The Kier molecular flexibility index (Phi) is 6.65. The summed E-state index contributed by atoms with van der Waals surface area (Å²) in [5.74, 6) is -0.212. The summed E-state index contributed by atoms with van der Waals surface area (Å²) in [6.45, 7) is 2.58. The summed E-state index contributed by atoms with van der Waals surface area (Å²) in [5, 5.41) is 3.51. The van der Waals surface area contributed by atoms with E-state index >= 15 is 0 Å². The Morgan fingerprint density at radius 3 is 2.56 bits per heavy atom. The summed E-state index contributed by atoms with van der Waals surface area (Å²) < 4.78 is 28.5.